The number of aromatic nitrogens is 1. The van der Waals surface area contributed by atoms with Gasteiger partial charge in [-0.05, 0) is 47.4 Å². The Kier molecular flexibility index (Phi) is 5.37. The molecule has 3 aromatic rings. The van der Waals surface area contributed by atoms with Gasteiger partial charge in [0.15, 0.2) is 11.8 Å². The molecular weight excluding hydrogens is 423 g/mol. The molecule has 1 amide bonds. The van der Waals surface area contributed by atoms with Crippen molar-refractivity contribution in [3.05, 3.63) is 39.8 Å². The topological polar surface area (TPSA) is 98.9 Å². The van der Waals surface area contributed by atoms with Crippen molar-refractivity contribution in [1.29, 1.82) is 10.8 Å². The number of carbonyl (C=O) groups is 1. The molecule has 0 radical (unpaired) electrons. The number of rotatable bonds is 6. The van der Waals surface area contributed by atoms with Gasteiger partial charge >= 0.3 is 0 Å². The van der Waals surface area contributed by atoms with Gasteiger partial charge in [0.2, 0.25) is 5.91 Å². The molecule has 152 valence electrons. The average molecular weight is 441 g/mol. The van der Waals surface area contributed by atoms with Crippen molar-refractivity contribution in [2.24, 2.45) is 0 Å². The van der Waals surface area contributed by atoms with E-state index >= 15 is 0 Å². The first-order valence-electron chi connectivity index (χ1n) is 9.11. The smallest absolute Gasteiger partial charge is 0.230 e. The summed E-state index contributed by atoms with van der Waals surface area (Å²) in [5.74, 6) is 1.21. The molecule has 0 atom stereocenters. The zero-order valence-corrected chi connectivity index (χ0v) is 17.4. The summed E-state index contributed by atoms with van der Waals surface area (Å²) in [6.45, 7) is 0. The summed E-state index contributed by atoms with van der Waals surface area (Å²) in [7, 11) is 0. The number of ether oxygens (including phenoxy) is 1. The Balaban J connectivity index is 1.38. The van der Waals surface area contributed by atoms with E-state index in [0.717, 1.165) is 29.7 Å². The Labute approximate surface area is 180 Å². The Morgan fingerprint density at radius 3 is 2.80 bits per heavy atom. The maximum atomic E-state index is 14.9. The van der Waals surface area contributed by atoms with Crippen LogP contribution in [0.25, 0.3) is 21.3 Å². The zero-order chi connectivity index (χ0) is 21.3. The van der Waals surface area contributed by atoms with Gasteiger partial charge in [-0.15, -0.1) is 17.8 Å². The van der Waals surface area contributed by atoms with Gasteiger partial charge in [-0.3, -0.25) is 15.6 Å². The van der Waals surface area contributed by atoms with Crippen LogP contribution in [0.2, 0.25) is 0 Å². The van der Waals surface area contributed by atoms with Gasteiger partial charge in [-0.25, -0.2) is 9.37 Å². The molecule has 1 aliphatic carbocycles. The van der Waals surface area contributed by atoms with E-state index in [-0.39, 0.29) is 30.5 Å². The maximum absolute atomic E-state index is 14.9. The van der Waals surface area contributed by atoms with Crippen molar-refractivity contribution < 1.29 is 13.9 Å². The second-order valence-electron chi connectivity index (χ2n) is 6.97. The van der Waals surface area contributed by atoms with Crippen molar-refractivity contribution in [2.75, 3.05) is 0 Å². The highest BCUT2D eigenvalue weighted by molar-refractivity contribution is 7.18. The van der Waals surface area contributed by atoms with Crippen molar-refractivity contribution in [3.63, 3.8) is 0 Å². The summed E-state index contributed by atoms with van der Waals surface area (Å²) in [6, 6.07) is 5.31. The van der Waals surface area contributed by atoms with Crippen molar-refractivity contribution in [3.8, 4) is 23.5 Å². The molecule has 0 saturated heterocycles. The van der Waals surface area contributed by atoms with Gasteiger partial charge in [0.25, 0.3) is 0 Å². The summed E-state index contributed by atoms with van der Waals surface area (Å²) in [6.07, 6.45) is 6.53. The predicted octanol–water partition coefficient (Wildman–Crippen LogP) is 4.35. The molecular formula is C21H17FN4O2S2. The van der Waals surface area contributed by atoms with Crippen molar-refractivity contribution in [2.45, 2.75) is 31.2 Å². The van der Waals surface area contributed by atoms with Crippen LogP contribution in [0.5, 0.6) is 0 Å². The molecule has 2 heterocycles. The quantitative estimate of drug-likeness (QED) is 0.302. The molecule has 0 aliphatic heterocycles. The molecule has 0 bridgehead atoms. The van der Waals surface area contributed by atoms with Crippen molar-refractivity contribution >= 4 is 50.6 Å². The van der Waals surface area contributed by atoms with Gasteiger partial charge in [0.05, 0.1) is 16.6 Å². The summed E-state index contributed by atoms with van der Waals surface area (Å²) < 4.78 is 20.5. The van der Waals surface area contributed by atoms with E-state index in [4.69, 9.17) is 22.0 Å². The Bertz CT molecular complexity index is 1190. The van der Waals surface area contributed by atoms with Crippen LogP contribution in [-0.4, -0.2) is 28.2 Å². The highest BCUT2D eigenvalue weighted by Crippen LogP contribution is 2.34. The molecule has 1 fully saturated rings. The second kappa shape index (κ2) is 7.97. The van der Waals surface area contributed by atoms with Gasteiger partial charge in [-0.1, -0.05) is 5.92 Å². The molecule has 0 unspecified atom stereocenters. The molecule has 2 aromatic heterocycles. The van der Waals surface area contributed by atoms with Crippen LogP contribution in [0, 0.1) is 29.0 Å². The normalized spacial score (nSPS) is 14.1. The Morgan fingerprint density at radius 2 is 2.13 bits per heavy atom. The van der Waals surface area contributed by atoms with Gasteiger partial charge in [0, 0.05) is 5.56 Å². The SMILES string of the molecule is C#CC1(NC(=O)CC(=N)OC(=N)Cc2nc3ccc(-c4ccsc4)c(F)c3s2)CC1. The van der Waals surface area contributed by atoms with Gasteiger partial charge < -0.3 is 10.1 Å². The van der Waals surface area contributed by atoms with Gasteiger partial charge in [-0.2, -0.15) is 11.3 Å². The minimum Gasteiger partial charge on any atom is -0.429 e. The van der Waals surface area contributed by atoms with E-state index < -0.39 is 11.4 Å². The maximum Gasteiger partial charge on any atom is 0.230 e. The van der Waals surface area contributed by atoms with E-state index in [0.29, 0.717) is 20.8 Å². The van der Waals surface area contributed by atoms with Crippen LogP contribution < -0.4 is 5.32 Å². The van der Waals surface area contributed by atoms with Crippen LogP contribution in [0.4, 0.5) is 4.39 Å². The van der Waals surface area contributed by atoms with E-state index in [9.17, 15) is 9.18 Å². The summed E-state index contributed by atoms with van der Waals surface area (Å²) in [5, 5.41) is 22.7. The van der Waals surface area contributed by atoms with Gasteiger partial charge in [0.1, 0.15) is 22.8 Å². The third-order valence-corrected chi connectivity index (χ3v) is 6.40. The number of benzene rings is 1. The minimum atomic E-state index is -0.585. The fourth-order valence-electron chi connectivity index (χ4n) is 2.97. The number of terminal acetylenes is 1. The number of nitrogens with zero attached hydrogens (tertiary/aromatic N) is 1. The molecule has 1 aliphatic rings. The predicted molar refractivity (Wildman–Crippen MR) is 117 cm³/mol. The number of amides is 1. The molecule has 1 aromatic carbocycles. The van der Waals surface area contributed by atoms with E-state index in [1.54, 1.807) is 12.1 Å². The van der Waals surface area contributed by atoms with Crippen LogP contribution in [0.3, 0.4) is 0 Å². The van der Waals surface area contributed by atoms with Crippen LogP contribution in [0.1, 0.15) is 24.3 Å². The summed E-state index contributed by atoms with van der Waals surface area (Å²) in [5.41, 5.74) is 1.25. The lowest BCUT2D eigenvalue weighted by atomic mass is 10.1. The lowest BCUT2D eigenvalue weighted by Gasteiger charge is -2.11. The molecule has 4 rings (SSSR count). The van der Waals surface area contributed by atoms with E-state index in [2.05, 4.69) is 16.2 Å². The summed E-state index contributed by atoms with van der Waals surface area (Å²) in [4.78, 5) is 16.3. The number of halogens is 1. The molecule has 3 N–H and O–H groups in total. The third kappa shape index (κ3) is 4.25. The second-order valence-corrected chi connectivity index (χ2v) is 8.84. The van der Waals surface area contributed by atoms with E-state index in [1.165, 1.54) is 11.3 Å². The first-order valence-corrected chi connectivity index (χ1v) is 10.9. The largest absolute Gasteiger partial charge is 0.429 e. The number of hydrogen-bond acceptors (Lipinski definition) is 7. The zero-order valence-electron chi connectivity index (χ0n) is 15.8. The number of nitrogens with one attached hydrogen (secondary N) is 3. The average Bonchev–Trinajstić information content (AvgIpc) is 3.08. The standard InChI is InChI=1S/C21H17FN4O2S2/c1-2-21(6-7-21)26-17(27)9-15(23)28-16(24)10-18-25-14-4-3-13(12-5-8-29-11-12)19(22)20(14)30-18/h1,3-5,8,11,23-24H,6-7,9-10H2,(H,26,27). The number of fused-ring (bicyclic) bond motifs is 1. The number of hydrogen-bond donors (Lipinski definition) is 3. The Hall–Kier alpha value is -3.09. The molecule has 6 nitrogen and oxygen atoms in total. The third-order valence-electron chi connectivity index (χ3n) is 4.66. The molecule has 9 heteroatoms. The first-order chi connectivity index (χ1) is 14.4. The molecule has 0 spiro atoms. The number of carbonyl (C=O) groups excluding carboxylic acids is 1. The first kappa shape index (κ1) is 20.2. The van der Waals surface area contributed by atoms with Crippen molar-refractivity contribution in [1.82, 2.24) is 10.3 Å². The lowest BCUT2D eigenvalue weighted by Crippen LogP contribution is -2.37. The molecule has 30 heavy (non-hydrogen) atoms. The highest BCUT2D eigenvalue weighted by atomic mass is 32.1. The number of thiophene rings is 1. The summed E-state index contributed by atoms with van der Waals surface area (Å²) >= 11 is 2.65. The molecule has 1 saturated carbocycles. The van der Waals surface area contributed by atoms with Crippen LogP contribution in [-0.2, 0) is 16.0 Å². The number of thiazole rings is 1. The fraction of sp³-hybridized carbons (Fsp3) is 0.238. The van der Waals surface area contributed by atoms with Crippen LogP contribution in [0.15, 0.2) is 29.0 Å². The fourth-order valence-corrected chi connectivity index (χ4v) is 4.62. The highest BCUT2D eigenvalue weighted by Gasteiger charge is 2.42. The lowest BCUT2D eigenvalue weighted by molar-refractivity contribution is -0.120. The monoisotopic (exact) mass is 440 g/mol. The minimum absolute atomic E-state index is 0.00482. The van der Waals surface area contributed by atoms with Crippen LogP contribution >= 0.6 is 22.7 Å². The Morgan fingerprint density at radius 1 is 1.33 bits per heavy atom. The van der Waals surface area contributed by atoms with E-state index in [1.807, 2.05) is 16.8 Å².